The maximum atomic E-state index is 11.7. The van der Waals surface area contributed by atoms with Crippen molar-refractivity contribution in [3.8, 4) is 17.2 Å². The summed E-state index contributed by atoms with van der Waals surface area (Å²) in [5.74, 6) is 1.62. The minimum atomic E-state index is -2.97. The number of rotatable bonds is 6. The number of methoxy groups -OCH3 is 1. The Hall–Kier alpha value is -1.51. The fourth-order valence-electron chi connectivity index (χ4n) is 2.98. The second-order valence-corrected chi connectivity index (χ2v) is 8.08. The van der Waals surface area contributed by atoms with Crippen molar-refractivity contribution < 1.29 is 27.7 Å². The van der Waals surface area contributed by atoms with E-state index in [2.05, 4.69) is 0 Å². The lowest BCUT2D eigenvalue weighted by Gasteiger charge is -2.28. The molecule has 1 aromatic rings. The van der Waals surface area contributed by atoms with Crippen LogP contribution in [0.15, 0.2) is 12.1 Å². The number of phenols is 1. The Morgan fingerprint density at radius 3 is 2.74 bits per heavy atom. The Balaban J connectivity index is 1.78. The molecular formula is C15H21NO6S. The molecule has 8 heteroatoms. The number of aromatic hydroxyl groups is 1. The van der Waals surface area contributed by atoms with Crippen molar-refractivity contribution in [2.45, 2.75) is 19.0 Å². The first-order valence-electron chi connectivity index (χ1n) is 7.53. The number of fused-ring (bicyclic) bond motifs is 1. The maximum absolute atomic E-state index is 11.7. The SMILES string of the molecule is COCCN(Cc1cc2c(cc1O)OCO2)[C@@H]1CCS(=O)(=O)C1. The third-order valence-electron chi connectivity index (χ3n) is 4.25. The zero-order valence-electron chi connectivity index (χ0n) is 13.0. The van der Waals surface area contributed by atoms with E-state index in [1.54, 1.807) is 13.2 Å². The number of phenolic OH excluding ortho intramolecular Hbond substituents is 1. The summed E-state index contributed by atoms with van der Waals surface area (Å²) in [6.07, 6.45) is 0.608. The number of ether oxygens (including phenoxy) is 3. The smallest absolute Gasteiger partial charge is 0.231 e. The largest absolute Gasteiger partial charge is 0.507 e. The average molecular weight is 343 g/mol. The van der Waals surface area contributed by atoms with E-state index >= 15 is 0 Å². The second-order valence-electron chi connectivity index (χ2n) is 5.85. The number of hydrogen-bond donors (Lipinski definition) is 1. The first-order chi connectivity index (χ1) is 11.0. The molecule has 1 N–H and O–H groups in total. The molecule has 0 radical (unpaired) electrons. The van der Waals surface area contributed by atoms with Crippen molar-refractivity contribution in [2.75, 3.05) is 38.6 Å². The maximum Gasteiger partial charge on any atom is 0.231 e. The van der Waals surface area contributed by atoms with Crippen LogP contribution in [0.5, 0.6) is 17.2 Å². The molecule has 2 aliphatic rings. The molecule has 1 fully saturated rings. The van der Waals surface area contributed by atoms with Gasteiger partial charge in [0.15, 0.2) is 21.3 Å². The van der Waals surface area contributed by atoms with Crippen molar-refractivity contribution in [3.63, 3.8) is 0 Å². The van der Waals surface area contributed by atoms with E-state index in [0.717, 1.165) is 0 Å². The molecule has 0 aliphatic carbocycles. The number of benzene rings is 1. The third-order valence-corrected chi connectivity index (χ3v) is 6.01. The highest BCUT2D eigenvalue weighted by molar-refractivity contribution is 7.91. The van der Waals surface area contributed by atoms with Crippen LogP contribution in [0.1, 0.15) is 12.0 Å². The molecule has 2 heterocycles. The highest BCUT2D eigenvalue weighted by atomic mass is 32.2. The van der Waals surface area contributed by atoms with E-state index in [9.17, 15) is 13.5 Å². The van der Waals surface area contributed by atoms with Gasteiger partial charge in [-0.2, -0.15) is 0 Å². The van der Waals surface area contributed by atoms with Crippen LogP contribution in [0, 0.1) is 0 Å². The molecule has 0 aromatic heterocycles. The summed E-state index contributed by atoms with van der Waals surface area (Å²) < 4.78 is 39.2. The fourth-order valence-corrected chi connectivity index (χ4v) is 4.74. The van der Waals surface area contributed by atoms with E-state index in [-0.39, 0.29) is 30.1 Å². The lowest BCUT2D eigenvalue weighted by molar-refractivity contribution is 0.120. The number of nitrogens with zero attached hydrogens (tertiary/aromatic N) is 1. The van der Waals surface area contributed by atoms with Crippen molar-refractivity contribution >= 4 is 9.84 Å². The molecule has 0 spiro atoms. The topological polar surface area (TPSA) is 85.3 Å². The molecule has 0 saturated carbocycles. The summed E-state index contributed by atoms with van der Waals surface area (Å²) in [6.45, 7) is 1.69. The van der Waals surface area contributed by atoms with Gasteiger partial charge >= 0.3 is 0 Å². The van der Waals surface area contributed by atoms with Crippen LogP contribution in [0.3, 0.4) is 0 Å². The lowest BCUT2D eigenvalue weighted by atomic mass is 10.1. The Labute approximate surface area is 135 Å². The molecule has 23 heavy (non-hydrogen) atoms. The first kappa shape index (κ1) is 16.4. The summed E-state index contributed by atoms with van der Waals surface area (Å²) in [5, 5.41) is 10.2. The van der Waals surface area contributed by atoms with Crippen LogP contribution in [0.2, 0.25) is 0 Å². The highest BCUT2D eigenvalue weighted by Crippen LogP contribution is 2.38. The van der Waals surface area contributed by atoms with Crippen LogP contribution in [-0.4, -0.2) is 63.0 Å². The van der Waals surface area contributed by atoms with E-state index in [1.807, 2.05) is 4.90 Å². The van der Waals surface area contributed by atoms with Crippen LogP contribution >= 0.6 is 0 Å². The Morgan fingerprint density at radius 1 is 1.35 bits per heavy atom. The molecule has 3 rings (SSSR count). The van der Waals surface area contributed by atoms with Gasteiger partial charge in [-0.25, -0.2) is 8.42 Å². The molecule has 0 unspecified atom stereocenters. The van der Waals surface area contributed by atoms with Gasteiger partial charge in [0.2, 0.25) is 6.79 Å². The average Bonchev–Trinajstić information content (AvgIpc) is 3.09. The molecule has 2 aliphatic heterocycles. The van der Waals surface area contributed by atoms with Gasteiger partial charge in [-0.3, -0.25) is 4.90 Å². The quantitative estimate of drug-likeness (QED) is 0.816. The Morgan fingerprint density at radius 2 is 2.09 bits per heavy atom. The lowest BCUT2D eigenvalue weighted by Crippen LogP contribution is -2.38. The highest BCUT2D eigenvalue weighted by Gasteiger charge is 2.32. The third kappa shape index (κ3) is 3.70. The standard InChI is InChI=1S/C15H21NO6S/c1-20-4-3-16(12-2-5-23(18,19)9-12)8-11-6-14-15(7-13(11)17)22-10-21-14/h6-7,12,17H,2-5,8-10H2,1H3/t12-/m1/s1. The van der Waals surface area contributed by atoms with Gasteiger partial charge in [-0.05, 0) is 12.5 Å². The molecule has 1 atom stereocenters. The van der Waals surface area contributed by atoms with Crippen molar-refractivity contribution in [2.24, 2.45) is 0 Å². The van der Waals surface area contributed by atoms with Gasteiger partial charge < -0.3 is 19.3 Å². The van der Waals surface area contributed by atoms with Crippen molar-refractivity contribution in [3.05, 3.63) is 17.7 Å². The summed E-state index contributed by atoms with van der Waals surface area (Å²) >= 11 is 0. The normalized spacial score (nSPS) is 21.9. The number of hydrogen-bond acceptors (Lipinski definition) is 7. The van der Waals surface area contributed by atoms with Crippen LogP contribution in [-0.2, 0) is 21.1 Å². The zero-order chi connectivity index (χ0) is 16.4. The van der Waals surface area contributed by atoms with Gasteiger partial charge in [-0.1, -0.05) is 0 Å². The summed E-state index contributed by atoms with van der Waals surface area (Å²) in [7, 11) is -1.35. The molecular weight excluding hydrogens is 322 g/mol. The Kier molecular flexibility index (Phi) is 4.65. The molecule has 1 saturated heterocycles. The summed E-state index contributed by atoms with van der Waals surface area (Å²) in [6, 6.07) is 3.23. The number of sulfone groups is 1. The van der Waals surface area contributed by atoms with E-state index in [0.29, 0.717) is 43.2 Å². The first-order valence-corrected chi connectivity index (χ1v) is 9.35. The van der Waals surface area contributed by atoms with Crippen molar-refractivity contribution in [1.82, 2.24) is 4.90 Å². The predicted molar refractivity (Wildman–Crippen MR) is 83.6 cm³/mol. The van der Waals surface area contributed by atoms with Crippen molar-refractivity contribution in [1.29, 1.82) is 0 Å². The monoisotopic (exact) mass is 343 g/mol. The van der Waals surface area contributed by atoms with Gasteiger partial charge in [0, 0.05) is 37.9 Å². The van der Waals surface area contributed by atoms with E-state index < -0.39 is 9.84 Å². The minimum absolute atomic E-state index is 0.0556. The second kappa shape index (κ2) is 6.54. The molecule has 1 aromatic carbocycles. The molecule has 0 bridgehead atoms. The Bertz CT molecular complexity index is 675. The fraction of sp³-hybridized carbons (Fsp3) is 0.600. The minimum Gasteiger partial charge on any atom is -0.507 e. The molecule has 0 amide bonds. The van der Waals surface area contributed by atoms with Crippen LogP contribution in [0.25, 0.3) is 0 Å². The van der Waals surface area contributed by atoms with Crippen LogP contribution in [0.4, 0.5) is 0 Å². The summed E-state index contributed by atoms with van der Waals surface area (Å²) in [4.78, 5) is 2.05. The summed E-state index contributed by atoms with van der Waals surface area (Å²) in [5.41, 5.74) is 0.689. The van der Waals surface area contributed by atoms with Gasteiger partial charge in [0.05, 0.1) is 18.1 Å². The van der Waals surface area contributed by atoms with E-state index in [1.165, 1.54) is 6.07 Å². The van der Waals surface area contributed by atoms with Gasteiger partial charge in [-0.15, -0.1) is 0 Å². The zero-order valence-corrected chi connectivity index (χ0v) is 13.8. The van der Waals surface area contributed by atoms with Gasteiger partial charge in [0.25, 0.3) is 0 Å². The molecule has 7 nitrogen and oxygen atoms in total. The predicted octanol–water partition coefficient (Wildman–Crippen LogP) is 0.756. The molecule has 128 valence electrons. The van der Waals surface area contributed by atoms with Crippen LogP contribution < -0.4 is 9.47 Å². The van der Waals surface area contributed by atoms with Gasteiger partial charge in [0.1, 0.15) is 5.75 Å². The van der Waals surface area contributed by atoms with E-state index in [4.69, 9.17) is 14.2 Å².